The van der Waals surface area contributed by atoms with Crippen LogP contribution in [0.5, 0.6) is 0 Å². The van der Waals surface area contributed by atoms with Crippen molar-refractivity contribution < 1.29 is 4.74 Å². The number of hydrogen-bond acceptors (Lipinski definition) is 5. The van der Waals surface area contributed by atoms with Gasteiger partial charge in [-0.1, -0.05) is 13.8 Å². The quantitative estimate of drug-likeness (QED) is 0.876. The Morgan fingerprint density at radius 2 is 2.35 bits per heavy atom. The Morgan fingerprint density at radius 3 is 3.00 bits per heavy atom. The van der Waals surface area contributed by atoms with Crippen LogP contribution in [0.2, 0.25) is 0 Å². The molecule has 1 aromatic heterocycles. The molecule has 2 rings (SSSR count). The van der Waals surface area contributed by atoms with Crippen LogP contribution in [0.4, 0.5) is 5.13 Å². The second-order valence-corrected chi connectivity index (χ2v) is 6.65. The predicted octanol–water partition coefficient (Wildman–Crippen LogP) is 2.99. The third-order valence-corrected chi connectivity index (χ3v) is 5.25. The molecule has 0 amide bonds. The molecule has 1 N–H and O–H groups in total. The summed E-state index contributed by atoms with van der Waals surface area (Å²) in [7, 11) is 3.81. The van der Waals surface area contributed by atoms with Crippen LogP contribution in [0, 0.1) is 0 Å². The number of nitrogens with one attached hydrogen (secondary N) is 1. The molecule has 2 unspecified atom stereocenters. The van der Waals surface area contributed by atoms with Crippen molar-refractivity contribution in [3.8, 4) is 0 Å². The van der Waals surface area contributed by atoms with E-state index in [9.17, 15) is 0 Å². The molecule has 1 aliphatic heterocycles. The fourth-order valence-electron chi connectivity index (χ4n) is 2.66. The van der Waals surface area contributed by atoms with Gasteiger partial charge in [0.1, 0.15) is 0 Å². The molecule has 0 saturated carbocycles. The van der Waals surface area contributed by atoms with E-state index in [0.29, 0.717) is 12.0 Å². The van der Waals surface area contributed by atoms with Crippen molar-refractivity contribution in [3.63, 3.8) is 0 Å². The molecule has 0 radical (unpaired) electrons. The maximum Gasteiger partial charge on any atom is 0.185 e. The normalized spacial score (nSPS) is 21.2. The molecule has 2 heterocycles. The zero-order valence-electron chi connectivity index (χ0n) is 13.1. The molecule has 0 spiro atoms. The molecule has 0 bridgehead atoms. The number of rotatable bonds is 6. The van der Waals surface area contributed by atoms with Crippen LogP contribution in [0.15, 0.2) is 0 Å². The molecule has 1 fully saturated rings. The van der Waals surface area contributed by atoms with E-state index in [0.717, 1.165) is 26.1 Å². The number of thiazole rings is 1. The van der Waals surface area contributed by atoms with E-state index in [1.807, 2.05) is 25.5 Å². The second-order valence-electron chi connectivity index (χ2n) is 5.59. The lowest BCUT2D eigenvalue weighted by atomic mass is 10.0. The van der Waals surface area contributed by atoms with Gasteiger partial charge in [-0.2, -0.15) is 0 Å². The summed E-state index contributed by atoms with van der Waals surface area (Å²) >= 11 is 1.84. The number of piperidine rings is 1. The van der Waals surface area contributed by atoms with Crippen LogP contribution in [0.1, 0.15) is 49.6 Å². The smallest absolute Gasteiger partial charge is 0.185 e. The van der Waals surface area contributed by atoms with Crippen LogP contribution >= 0.6 is 11.3 Å². The molecule has 1 aromatic rings. The summed E-state index contributed by atoms with van der Waals surface area (Å²) in [6, 6.07) is 0. The molecule has 1 saturated heterocycles. The molecular weight excluding hydrogens is 270 g/mol. The monoisotopic (exact) mass is 297 g/mol. The van der Waals surface area contributed by atoms with Crippen molar-refractivity contribution in [1.29, 1.82) is 0 Å². The highest BCUT2D eigenvalue weighted by Crippen LogP contribution is 2.33. The highest BCUT2D eigenvalue weighted by atomic mass is 32.1. The summed E-state index contributed by atoms with van der Waals surface area (Å²) in [6.07, 6.45) is 3.85. The maximum absolute atomic E-state index is 5.52. The Kier molecular flexibility index (Phi) is 5.81. The summed E-state index contributed by atoms with van der Waals surface area (Å²) in [6.45, 7) is 7.50. The third-order valence-electron chi connectivity index (χ3n) is 4.11. The minimum atomic E-state index is 0.354. The molecule has 0 aromatic carbocycles. The summed E-state index contributed by atoms with van der Waals surface area (Å²) in [5.41, 5.74) is 1.28. The van der Waals surface area contributed by atoms with E-state index in [-0.39, 0.29) is 0 Å². The lowest BCUT2D eigenvalue weighted by molar-refractivity contribution is 0.0893. The minimum absolute atomic E-state index is 0.354. The van der Waals surface area contributed by atoms with Gasteiger partial charge < -0.3 is 15.0 Å². The molecule has 1 aliphatic rings. The van der Waals surface area contributed by atoms with E-state index in [4.69, 9.17) is 9.72 Å². The first-order valence-corrected chi connectivity index (χ1v) is 8.43. The minimum Gasteiger partial charge on any atom is -0.380 e. The Morgan fingerprint density at radius 1 is 1.55 bits per heavy atom. The molecular formula is C15H27N3OS. The Bertz CT molecular complexity index is 421. The van der Waals surface area contributed by atoms with Gasteiger partial charge in [-0.05, 0) is 32.2 Å². The highest BCUT2D eigenvalue weighted by Gasteiger charge is 2.24. The lowest BCUT2D eigenvalue weighted by Crippen LogP contribution is -2.39. The molecule has 5 heteroatoms. The molecule has 4 nitrogen and oxygen atoms in total. The number of nitrogens with zero attached hydrogens (tertiary/aromatic N) is 2. The second kappa shape index (κ2) is 7.38. The van der Waals surface area contributed by atoms with Gasteiger partial charge in [-0.25, -0.2) is 4.98 Å². The number of aromatic nitrogens is 1. The standard InChI is InChI=1S/C15H27N3OS/c1-5-11(2)14-13(9-16-3)20-15(17-14)18-8-6-7-12(10-18)19-4/h11-12,16H,5-10H2,1-4H3. The van der Waals surface area contributed by atoms with Gasteiger partial charge in [0, 0.05) is 31.6 Å². The van der Waals surface area contributed by atoms with Crippen LogP contribution < -0.4 is 10.2 Å². The van der Waals surface area contributed by atoms with E-state index in [1.165, 1.54) is 28.5 Å². The predicted molar refractivity (Wildman–Crippen MR) is 85.8 cm³/mol. The van der Waals surface area contributed by atoms with Crippen LogP contribution in [-0.4, -0.2) is 38.3 Å². The summed E-state index contributed by atoms with van der Waals surface area (Å²) < 4.78 is 5.52. The molecule has 20 heavy (non-hydrogen) atoms. The van der Waals surface area contributed by atoms with Crippen molar-refractivity contribution in [2.75, 3.05) is 32.1 Å². The lowest BCUT2D eigenvalue weighted by Gasteiger charge is -2.31. The van der Waals surface area contributed by atoms with Crippen molar-refractivity contribution in [2.45, 2.75) is 51.7 Å². The largest absolute Gasteiger partial charge is 0.380 e. The molecule has 2 atom stereocenters. The van der Waals surface area contributed by atoms with Crippen molar-refractivity contribution in [1.82, 2.24) is 10.3 Å². The summed E-state index contributed by atoms with van der Waals surface area (Å²) in [4.78, 5) is 8.72. The maximum atomic E-state index is 5.52. The van der Waals surface area contributed by atoms with Gasteiger partial charge in [-0.15, -0.1) is 11.3 Å². The Hall–Kier alpha value is -0.650. The summed E-state index contributed by atoms with van der Waals surface area (Å²) in [5.74, 6) is 0.534. The average molecular weight is 297 g/mol. The van der Waals surface area contributed by atoms with E-state index >= 15 is 0 Å². The van der Waals surface area contributed by atoms with E-state index in [2.05, 4.69) is 24.1 Å². The number of ether oxygens (including phenoxy) is 1. The molecule has 114 valence electrons. The van der Waals surface area contributed by atoms with Gasteiger partial charge in [0.2, 0.25) is 0 Å². The first-order chi connectivity index (χ1) is 9.69. The van der Waals surface area contributed by atoms with Gasteiger partial charge in [0.15, 0.2) is 5.13 Å². The van der Waals surface area contributed by atoms with Crippen LogP contribution in [-0.2, 0) is 11.3 Å². The number of hydrogen-bond donors (Lipinski definition) is 1. The van der Waals surface area contributed by atoms with Crippen molar-refractivity contribution >= 4 is 16.5 Å². The first kappa shape index (κ1) is 15.7. The van der Waals surface area contributed by atoms with Gasteiger partial charge >= 0.3 is 0 Å². The van der Waals surface area contributed by atoms with Crippen LogP contribution in [0.3, 0.4) is 0 Å². The average Bonchev–Trinajstić information content (AvgIpc) is 2.91. The van der Waals surface area contributed by atoms with Gasteiger partial charge in [-0.3, -0.25) is 0 Å². The fourth-order valence-corrected chi connectivity index (χ4v) is 3.88. The topological polar surface area (TPSA) is 37.4 Å². The first-order valence-electron chi connectivity index (χ1n) is 7.61. The Balaban J connectivity index is 2.19. The third kappa shape index (κ3) is 3.51. The number of methoxy groups -OCH3 is 1. The van der Waals surface area contributed by atoms with Crippen molar-refractivity contribution in [2.24, 2.45) is 0 Å². The van der Waals surface area contributed by atoms with Crippen molar-refractivity contribution in [3.05, 3.63) is 10.6 Å². The number of anilines is 1. The van der Waals surface area contributed by atoms with E-state index < -0.39 is 0 Å². The molecule has 0 aliphatic carbocycles. The van der Waals surface area contributed by atoms with Crippen LogP contribution in [0.25, 0.3) is 0 Å². The Labute approximate surface area is 126 Å². The zero-order chi connectivity index (χ0) is 14.5. The zero-order valence-corrected chi connectivity index (χ0v) is 13.9. The summed E-state index contributed by atoms with van der Waals surface area (Å²) in [5, 5.41) is 4.44. The van der Waals surface area contributed by atoms with Gasteiger partial charge in [0.05, 0.1) is 11.8 Å². The fraction of sp³-hybridized carbons (Fsp3) is 0.800. The van der Waals surface area contributed by atoms with E-state index in [1.54, 1.807) is 0 Å². The highest BCUT2D eigenvalue weighted by molar-refractivity contribution is 7.15. The van der Waals surface area contributed by atoms with Gasteiger partial charge in [0.25, 0.3) is 0 Å². The SMILES string of the molecule is CCC(C)c1nc(N2CCCC(OC)C2)sc1CNC.